The highest BCUT2D eigenvalue weighted by Crippen LogP contribution is 2.37. The minimum absolute atomic E-state index is 0.170. The van der Waals surface area contributed by atoms with Gasteiger partial charge in [0.2, 0.25) is 5.89 Å². The van der Waals surface area contributed by atoms with Crippen LogP contribution in [-0.2, 0) is 0 Å². The number of hydrogen-bond acceptors (Lipinski definition) is 4. The van der Waals surface area contributed by atoms with Crippen molar-refractivity contribution in [3.63, 3.8) is 0 Å². The van der Waals surface area contributed by atoms with Crippen molar-refractivity contribution in [2.75, 3.05) is 0 Å². The van der Waals surface area contributed by atoms with Gasteiger partial charge in [-0.25, -0.2) is 9.78 Å². The number of carboxylic acid groups (broad SMARTS) is 1. The largest absolute Gasteiger partial charge is 0.478 e. The fraction of sp³-hybridized carbons (Fsp3) is 0.0769. The van der Waals surface area contributed by atoms with Crippen molar-refractivity contribution in [2.45, 2.75) is 6.92 Å². The third-order valence-corrected chi connectivity index (χ3v) is 4.41. The lowest BCUT2D eigenvalue weighted by molar-refractivity contribution is 0.0697. The summed E-state index contributed by atoms with van der Waals surface area (Å²) < 4.78 is 5.59. The summed E-state index contributed by atoms with van der Waals surface area (Å²) in [7, 11) is 0. The van der Waals surface area contributed by atoms with Crippen molar-refractivity contribution in [1.29, 1.82) is 0 Å². The number of nitrogens with zero attached hydrogens (tertiary/aromatic N) is 1. The van der Waals surface area contributed by atoms with Gasteiger partial charge in [0.25, 0.3) is 0 Å². The molecule has 0 saturated heterocycles. The second-order valence-corrected chi connectivity index (χ2v) is 5.33. The van der Waals surface area contributed by atoms with Gasteiger partial charge in [-0.05, 0) is 36.1 Å². The van der Waals surface area contributed by atoms with Crippen LogP contribution in [0, 0.1) is 6.92 Å². The van der Waals surface area contributed by atoms with E-state index in [9.17, 15) is 4.79 Å². The molecule has 19 heavy (non-hydrogen) atoms. The quantitative estimate of drug-likeness (QED) is 0.768. The molecular formula is C13H8ClNO3S. The minimum atomic E-state index is -0.996. The van der Waals surface area contributed by atoms with Gasteiger partial charge in [-0.15, -0.1) is 11.3 Å². The van der Waals surface area contributed by atoms with Crippen LogP contribution in [0.5, 0.6) is 0 Å². The first-order valence-electron chi connectivity index (χ1n) is 5.44. The molecule has 0 amide bonds. The summed E-state index contributed by atoms with van der Waals surface area (Å²) in [5.74, 6) is -0.578. The Balaban J connectivity index is 2.16. The van der Waals surface area contributed by atoms with Crippen molar-refractivity contribution in [3.05, 3.63) is 39.7 Å². The van der Waals surface area contributed by atoms with Gasteiger partial charge >= 0.3 is 5.97 Å². The lowest BCUT2D eigenvalue weighted by atomic mass is 10.2. The van der Waals surface area contributed by atoms with Gasteiger partial charge in [-0.2, -0.15) is 0 Å². The molecule has 0 aliphatic rings. The lowest BCUT2D eigenvalue weighted by Crippen LogP contribution is -1.94. The molecule has 0 aliphatic heterocycles. The van der Waals surface area contributed by atoms with Crippen molar-refractivity contribution >= 4 is 40.0 Å². The molecule has 3 aromatic rings. The van der Waals surface area contributed by atoms with E-state index in [2.05, 4.69) is 4.98 Å². The highest BCUT2D eigenvalue weighted by Gasteiger charge is 2.16. The van der Waals surface area contributed by atoms with E-state index in [1.165, 1.54) is 23.5 Å². The van der Waals surface area contributed by atoms with E-state index in [1.807, 2.05) is 12.3 Å². The second-order valence-electron chi connectivity index (χ2n) is 4.07. The molecular weight excluding hydrogens is 286 g/mol. The smallest absolute Gasteiger partial charge is 0.335 e. The second kappa shape index (κ2) is 4.36. The fourth-order valence-corrected chi connectivity index (χ4v) is 2.93. The molecule has 0 saturated carbocycles. The highest BCUT2D eigenvalue weighted by molar-refractivity contribution is 7.14. The van der Waals surface area contributed by atoms with Crippen LogP contribution in [0.25, 0.3) is 21.9 Å². The maximum absolute atomic E-state index is 10.9. The molecule has 0 bridgehead atoms. The molecule has 0 spiro atoms. The number of aromatic carboxylic acids is 1. The van der Waals surface area contributed by atoms with Crippen molar-refractivity contribution in [2.24, 2.45) is 0 Å². The third kappa shape index (κ3) is 2.01. The standard InChI is InChI=1S/C13H8ClNO3S/c1-6-5-19-11(10(6)14)12-15-8-3-2-7(13(16)17)4-9(8)18-12/h2-5H,1H3,(H,16,17). The number of aromatic nitrogens is 1. The first-order chi connectivity index (χ1) is 9.06. The number of hydrogen-bond donors (Lipinski definition) is 1. The molecule has 4 nitrogen and oxygen atoms in total. The number of rotatable bonds is 2. The average Bonchev–Trinajstić information content (AvgIpc) is 2.93. The lowest BCUT2D eigenvalue weighted by Gasteiger charge is -1.91. The minimum Gasteiger partial charge on any atom is -0.478 e. The van der Waals surface area contributed by atoms with Gasteiger partial charge in [0.05, 0.1) is 10.6 Å². The summed E-state index contributed by atoms with van der Waals surface area (Å²) in [6.07, 6.45) is 0. The zero-order valence-electron chi connectivity index (χ0n) is 9.81. The van der Waals surface area contributed by atoms with Gasteiger partial charge in [-0.1, -0.05) is 11.6 Å². The predicted molar refractivity (Wildman–Crippen MR) is 74.0 cm³/mol. The number of benzene rings is 1. The summed E-state index contributed by atoms with van der Waals surface area (Å²) in [4.78, 5) is 16.0. The number of thiophene rings is 1. The molecule has 0 aliphatic carbocycles. The van der Waals surface area contributed by atoms with E-state index >= 15 is 0 Å². The SMILES string of the molecule is Cc1csc(-c2nc3ccc(C(=O)O)cc3o2)c1Cl. The Morgan fingerprint density at radius 2 is 2.26 bits per heavy atom. The van der Waals surface area contributed by atoms with Crippen LogP contribution in [0.15, 0.2) is 28.0 Å². The molecule has 3 rings (SSSR count). The van der Waals surface area contributed by atoms with Crippen molar-refractivity contribution in [3.8, 4) is 10.8 Å². The molecule has 0 unspecified atom stereocenters. The maximum Gasteiger partial charge on any atom is 0.335 e. The first kappa shape index (κ1) is 12.2. The van der Waals surface area contributed by atoms with E-state index in [0.717, 1.165) is 10.4 Å². The summed E-state index contributed by atoms with van der Waals surface area (Å²) >= 11 is 7.62. The normalized spacial score (nSPS) is 11.1. The molecule has 0 atom stereocenters. The van der Waals surface area contributed by atoms with Crippen LogP contribution in [0.4, 0.5) is 0 Å². The number of fused-ring (bicyclic) bond motifs is 1. The fourth-order valence-electron chi connectivity index (χ4n) is 1.73. The molecule has 2 heterocycles. The number of carbonyl (C=O) groups is 1. The molecule has 1 N–H and O–H groups in total. The van der Waals surface area contributed by atoms with Crippen LogP contribution in [0.1, 0.15) is 15.9 Å². The molecule has 96 valence electrons. The number of halogens is 1. The third-order valence-electron chi connectivity index (χ3n) is 2.73. The first-order valence-corrected chi connectivity index (χ1v) is 6.70. The Hall–Kier alpha value is -1.85. The van der Waals surface area contributed by atoms with Crippen molar-refractivity contribution in [1.82, 2.24) is 4.98 Å². The molecule has 1 aromatic carbocycles. The van der Waals surface area contributed by atoms with Gasteiger partial charge in [-0.3, -0.25) is 0 Å². The Morgan fingerprint density at radius 1 is 1.47 bits per heavy atom. The predicted octanol–water partition coefficient (Wildman–Crippen LogP) is 4.22. The summed E-state index contributed by atoms with van der Waals surface area (Å²) in [5, 5.41) is 11.5. The van der Waals surface area contributed by atoms with E-state index in [0.29, 0.717) is 22.0 Å². The summed E-state index contributed by atoms with van der Waals surface area (Å²) in [6, 6.07) is 4.58. The van der Waals surface area contributed by atoms with E-state index in [1.54, 1.807) is 6.07 Å². The Labute approximate surface area is 117 Å². The Kier molecular flexibility index (Phi) is 2.80. The van der Waals surface area contributed by atoms with E-state index in [4.69, 9.17) is 21.1 Å². The van der Waals surface area contributed by atoms with Crippen LogP contribution >= 0.6 is 22.9 Å². The monoisotopic (exact) mass is 293 g/mol. The van der Waals surface area contributed by atoms with Gasteiger partial charge in [0, 0.05) is 0 Å². The van der Waals surface area contributed by atoms with Gasteiger partial charge < -0.3 is 9.52 Å². The van der Waals surface area contributed by atoms with Crippen LogP contribution < -0.4 is 0 Å². The van der Waals surface area contributed by atoms with E-state index in [-0.39, 0.29) is 5.56 Å². The Bertz CT molecular complexity index is 790. The summed E-state index contributed by atoms with van der Waals surface area (Å²) in [5.41, 5.74) is 2.19. The zero-order valence-corrected chi connectivity index (χ0v) is 11.4. The topological polar surface area (TPSA) is 63.3 Å². The number of oxazole rings is 1. The maximum atomic E-state index is 10.9. The van der Waals surface area contributed by atoms with Crippen LogP contribution in [0.2, 0.25) is 5.02 Å². The number of aryl methyl sites for hydroxylation is 1. The van der Waals surface area contributed by atoms with Gasteiger partial charge in [0.15, 0.2) is 5.58 Å². The molecule has 6 heteroatoms. The Morgan fingerprint density at radius 3 is 2.89 bits per heavy atom. The molecule has 0 radical (unpaired) electrons. The van der Waals surface area contributed by atoms with Gasteiger partial charge in [0.1, 0.15) is 10.4 Å². The van der Waals surface area contributed by atoms with Crippen molar-refractivity contribution < 1.29 is 14.3 Å². The molecule has 2 aromatic heterocycles. The van der Waals surface area contributed by atoms with Crippen LogP contribution in [0.3, 0.4) is 0 Å². The molecule has 0 fully saturated rings. The zero-order chi connectivity index (χ0) is 13.6. The number of carboxylic acids is 1. The average molecular weight is 294 g/mol. The van der Waals surface area contributed by atoms with E-state index < -0.39 is 5.97 Å². The highest BCUT2D eigenvalue weighted by atomic mass is 35.5. The summed E-state index contributed by atoms with van der Waals surface area (Å²) in [6.45, 7) is 1.91. The van der Waals surface area contributed by atoms with Crippen LogP contribution in [-0.4, -0.2) is 16.1 Å².